The molecule has 5 heteroatoms. The summed E-state index contributed by atoms with van der Waals surface area (Å²) < 4.78 is 12.4. The lowest BCUT2D eigenvalue weighted by Crippen LogP contribution is -2.13. The average Bonchev–Trinajstić information content (AvgIpc) is 2.91. The molecule has 114 valence electrons. The molecular weight excluding hydrogens is 350 g/mol. The number of hydrogen-bond acceptors (Lipinski definition) is 4. The normalized spacial score (nSPS) is 10.6. The van der Waals surface area contributed by atoms with Gasteiger partial charge in [-0.3, -0.25) is 0 Å². The molecule has 0 atom stereocenters. The monoisotopic (exact) mass is 369 g/mol. The van der Waals surface area contributed by atoms with Crippen molar-refractivity contribution >= 4 is 27.3 Å². The molecule has 0 bridgehead atoms. The molecule has 0 radical (unpaired) electrons. The van der Waals surface area contributed by atoms with Gasteiger partial charge in [-0.2, -0.15) is 0 Å². The molecule has 21 heavy (non-hydrogen) atoms. The predicted octanol–water partition coefficient (Wildman–Crippen LogP) is 4.60. The molecule has 0 spiro atoms. The Morgan fingerprint density at radius 3 is 2.76 bits per heavy atom. The van der Waals surface area contributed by atoms with Crippen LogP contribution in [0.25, 0.3) is 0 Å². The molecule has 0 aliphatic rings. The molecule has 0 saturated carbocycles. The number of methoxy groups -OCH3 is 1. The summed E-state index contributed by atoms with van der Waals surface area (Å²) in [6.45, 7) is 4.58. The number of halogens is 1. The molecule has 1 N–H and O–H groups in total. The summed E-state index contributed by atoms with van der Waals surface area (Å²) in [6.07, 6.45) is 1.13. The Hall–Kier alpha value is -1.04. The zero-order chi connectivity index (χ0) is 15.1. The van der Waals surface area contributed by atoms with Crippen molar-refractivity contribution in [1.82, 2.24) is 5.32 Å². The summed E-state index contributed by atoms with van der Waals surface area (Å²) >= 11 is 5.13. The molecule has 0 aliphatic heterocycles. The van der Waals surface area contributed by atoms with Gasteiger partial charge in [-0.25, -0.2) is 0 Å². The fraction of sp³-hybridized carbons (Fsp3) is 0.375. The minimum atomic E-state index is 0.554. The number of hydrogen-bond donors (Lipinski definition) is 1. The van der Waals surface area contributed by atoms with Gasteiger partial charge < -0.3 is 14.8 Å². The molecule has 0 amide bonds. The molecule has 1 aromatic heterocycles. The first-order chi connectivity index (χ1) is 10.2. The van der Waals surface area contributed by atoms with E-state index in [9.17, 15) is 0 Å². The van der Waals surface area contributed by atoms with Gasteiger partial charge >= 0.3 is 0 Å². The molecule has 0 saturated heterocycles. The second-order valence-electron chi connectivity index (χ2n) is 4.68. The highest BCUT2D eigenvalue weighted by Gasteiger charge is 2.07. The minimum absolute atomic E-state index is 0.554. The maximum absolute atomic E-state index is 5.91. The van der Waals surface area contributed by atoms with Crippen LogP contribution < -0.4 is 14.8 Å². The molecule has 2 rings (SSSR count). The molecule has 0 fully saturated rings. The van der Waals surface area contributed by atoms with Gasteiger partial charge in [0.15, 0.2) is 11.5 Å². The lowest BCUT2D eigenvalue weighted by Gasteiger charge is -2.12. The van der Waals surface area contributed by atoms with Crippen molar-refractivity contribution in [3.63, 3.8) is 0 Å². The van der Waals surface area contributed by atoms with E-state index in [2.05, 4.69) is 45.7 Å². The third-order valence-corrected chi connectivity index (χ3v) is 4.65. The van der Waals surface area contributed by atoms with Gasteiger partial charge in [0.25, 0.3) is 0 Å². The number of rotatable bonds is 8. The molecular formula is C16H20BrNO2S. The highest BCUT2D eigenvalue weighted by atomic mass is 79.9. The van der Waals surface area contributed by atoms with Gasteiger partial charge in [-0.1, -0.05) is 13.0 Å². The lowest BCUT2D eigenvalue weighted by atomic mass is 10.2. The second kappa shape index (κ2) is 8.41. The van der Waals surface area contributed by atoms with Crippen LogP contribution in [0.15, 0.2) is 34.1 Å². The van der Waals surface area contributed by atoms with Crippen LogP contribution in [0, 0.1) is 0 Å². The zero-order valence-corrected chi connectivity index (χ0v) is 14.7. The van der Waals surface area contributed by atoms with Crippen molar-refractivity contribution in [1.29, 1.82) is 0 Å². The molecule has 0 unspecified atom stereocenters. The molecule has 0 aliphatic carbocycles. The number of thiophene rings is 1. The van der Waals surface area contributed by atoms with Gasteiger partial charge in [0.1, 0.15) is 6.61 Å². The Morgan fingerprint density at radius 2 is 2.10 bits per heavy atom. The Labute approximate surface area is 138 Å². The quantitative estimate of drug-likeness (QED) is 0.689. The summed E-state index contributed by atoms with van der Waals surface area (Å²) in [4.78, 5) is 1.18. The van der Waals surface area contributed by atoms with E-state index in [1.54, 1.807) is 18.4 Å². The van der Waals surface area contributed by atoms with E-state index in [0.717, 1.165) is 35.5 Å². The van der Waals surface area contributed by atoms with Crippen molar-refractivity contribution in [2.75, 3.05) is 13.7 Å². The predicted molar refractivity (Wildman–Crippen MR) is 91.3 cm³/mol. The van der Waals surface area contributed by atoms with Crippen LogP contribution in [0.4, 0.5) is 0 Å². The van der Waals surface area contributed by atoms with Crippen molar-refractivity contribution in [3.8, 4) is 11.5 Å². The van der Waals surface area contributed by atoms with Crippen molar-refractivity contribution < 1.29 is 9.47 Å². The molecule has 2 aromatic rings. The Bertz CT molecular complexity index is 571. The van der Waals surface area contributed by atoms with E-state index < -0.39 is 0 Å². The van der Waals surface area contributed by atoms with E-state index in [1.165, 1.54) is 10.4 Å². The lowest BCUT2D eigenvalue weighted by molar-refractivity contribution is 0.287. The highest BCUT2D eigenvalue weighted by molar-refractivity contribution is 9.10. The highest BCUT2D eigenvalue weighted by Crippen LogP contribution is 2.30. The summed E-state index contributed by atoms with van der Waals surface area (Å²) in [7, 11) is 1.67. The minimum Gasteiger partial charge on any atom is -0.493 e. The van der Waals surface area contributed by atoms with E-state index in [4.69, 9.17) is 9.47 Å². The van der Waals surface area contributed by atoms with Crippen LogP contribution in [-0.4, -0.2) is 13.7 Å². The second-order valence-corrected chi connectivity index (χ2v) is 6.59. The van der Waals surface area contributed by atoms with E-state index in [1.807, 2.05) is 12.1 Å². The maximum Gasteiger partial charge on any atom is 0.162 e. The Morgan fingerprint density at radius 1 is 1.24 bits per heavy atom. The van der Waals surface area contributed by atoms with E-state index >= 15 is 0 Å². The van der Waals surface area contributed by atoms with Gasteiger partial charge in [-0.05, 0) is 52.7 Å². The zero-order valence-electron chi connectivity index (χ0n) is 12.3. The molecule has 1 heterocycles. The van der Waals surface area contributed by atoms with E-state index in [-0.39, 0.29) is 0 Å². The van der Waals surface area contributed by atoms with Crippen LogP contribution in [0.2, 0.25) is 0 Å². The average molecular weight is 370 g/mol. The van der Waals surface area contributed by atoms with Crippen molar-refractivity contribution in [3.05, 3.63) is 44.6 Å². The van der Waals surface area contributed by atoms with Crippen molar-refractivity contribution in [2.45, 2.75) is 26.5 Å². The maximum atomic E-state index is 5.91. The van der Waals surface area contributed by atoms with Crippen LogP contribution >= 0.6 is 27.3 Å². The third kappa shape index (κ3) is 5.02. The standard InChI is InChI=1S/C16H20BrNO2S/c1-3-6-18-9-12-4-5-15(19-2)16(7-12)20-10-14-8-13(17)11-21-14/h4-5,7-8,11,18H,3,6,9-10H2,1-2H3. The topological polar surface area (TPSA) is 30.5 Å². The number of benzene rings is 1. The van der Waals surface area contributed by atoms with E-state index in [0.29, 0.717) is 6.61 Å². The van der Waals surface area contributed by atoms with Crippen molar-refractivity contribution in [2.24, 2.45) is 0 Å². The van der Waals surface area contributed by atoms with Gasteiger partial charge in [0, 0.05) is 21.3 Å². The van der Waals surface area contributed by atoms with Gasteiger partial charge in [0.05, 0.1) is 7.11 Å². The summed E-state index contributed by atoms with van der Waals surface area (Å²) in [5, 5.41) is 5.45. The van der Waals surface area contributed by atoms with Crippen LogP contribution in [0.5, 0.6) is 11.5 Å². The first kappa shape index (κ1) is 16.3. The fourth-order valence-electron chi connectivity index (χ4n) is 1.93. The molecule has 1 aromatic carbocycles. The van der Waals surface area contributed by atoms with Crippen LogP contribution in [-0.2, 0) is 13.2 Å². The summed E-state index contributed by atoms with van der Waals surface area (Å²) in [5.41, 5.74) is 1.20. The van der Waals surface area contributed by atoms with Crippen LogP contribution in [0.1, 0.15) is 23.8 Å². The Balaban J connectivity index is 2.02. The Kier molecular flexibility index (Phi) is 6.54. The van der Waals surface area contributed by atoms with Gasteiger partial charge in [-0.15, -0.1) is 11.3 Å². The SMILES string of the molecule is CCCNCc1ccc(OC)c(OCc2cc(Br)cs2)c1. The third-order valence-electron chi connectivity index (χ3n) is 2.98. The molecule has 3 nitrogen and oxygen atoms in total. The van der Waals surface area contributed by atoms with Gasteiger partial charge in [0.2, 0.25) is 0 Å². The van der Waals surface area contributed by atoms with Crippen LogP contribution in [0.3, 0.4) is 0 Å². The largest absolute Gasteiger partial charge is 0.493 e. The fourth-order valence-corrected chi connectivity index (χ4v) is 3.29. The summed E-state index contributed by atoms with van der Waals surface area (Å²) in [5.74, 6) is 1.56. The smallest absolute Gasteiger partial charge is 0.162 e. The first-order valence-corrected chi connectivity index (χ1v) is 8.63. The number of ether oxygens (including phenoxy) is 2. The first-order valence-electron chi connectivity index (χ1n) is 6.96. The number of nitrogens with one attached hydrogen (secondary N) is 1. The summed E-state index contributed by atoms with van der Waals surface area (Å²) in [6, 6.07) is 8.15.